The van der Waals surface area contributed by atoms with Crippen LogP contribution in [-0.2, 0) is 4.74 Å². The lowest BCUT2D eigenvalue weighted by Crippen LogP contribution is -2.46. The van der Waals surface area contributed by atoms with Crippen LogP contribution in [0.25, 0.3) is 0 Å². The van der Waals surface area contributed by atoms with Crippen molar-refractivity contribution < 1.29 is 14.3 Å². The molecule has 0 saturated carbocycles. The van der Waals surface area contributed by atoms with Gasteiger partial charge in [-0.3, -0.25) is 5.43 Å². The molecule has 1 aliphatic heterocycles. The molecule has 1 atom stereocenters. The van der Waals surface area contributed by atoms with Gasteiger partial charge in [0.25, 0.3) is 0 Å². The number of amides is 1. The topological polar surface area (TPSA) is 111 Å². The first-order chi connectivity index (χ1) is 12.8. The Bertz CT molecular complexity index is 770. The summed E-state index contributed by atoms with van der Waals surface area (Å²) in [6.45, 7) is 6.63. The van der Waals surface area contributed by atoms with Gasteiger partial charge in [-0.1, -0.05) is 6.07 Å². The second-order valence-electron chi connectivity index (χ2n) is 7.13. The van der Waals surface area contributed by atoms with E-state index >= 15 is 0 Å². The van der Waals surface area contributed by atoms with Crippen molar-refractivity contribution in [3.63, 3.8) is 0 Å². The third-order valence-corrected chi connectivity index (χ3v) is 3.68. The van der Waals surface area contributed by atoms with Gasteiger partial charge < -0.3 is 14.4 Å². The number of nitrogens with one attached hydrogen (secondary N) is 1. The van der Waals surface area contributed by atoms with E-state index in [9.17, 15) is 4.79 Å². The van der Waals surface area contributed by atoms with Gasteiger partial charge in [-0.05, 0) is 45.7 Å². The van der Waals surface area contributed by atoms with Crippen LogP contribution in [0.2, 0.25) is 0 Å². The second kappa shape index (κ2) is 8.91. The monoisotopic (exact) mass is 369 g/mol. The molecule has 1 heterocycles. The van der Waals surface area contributed by atoms with Crippen molar-refractivity contribution in [2.45, 2.75) is 45.3 Å². The zero-order chi connectivity index (χ0) is 19.9. The molecule has 0 aliphatic carbocycles. The number of carbonyl (C=O) groups excluding carboxylic acids is 1. The van der Waals surface area contributed by atoms with Crippen LogP contribution in [0.4, 0.5) is 10.5 Å². The number of hydrazone groups is 1. The number of hydrogen-bond acceptors (Lipinski definition) is 7. The first-order valence-corrected chi connectivity index (χ1v) is 8.69. The number of benzene rings is 1. The number of rotatable bonds is 4. The summed E-state index contributed by atoms with van der Waals surface area (Å²) in [5.74, 6) is 0.613. The maximum Gasteiger partial charge on any atom is 0.410 e. The van der Waals surface area contributed by atoms with E-state index in [1.807, 2.05) is 20.8 Å². The zero-order valence-corrected chi connectivity index (χ0v) is 15.7. The summed E-state index contributed by atoms with van der Waals surface area (Å²) < 4.78 is 11.4. The average Bonchev–Trinajstić information content (AvgIpc) is 2.62. The molecule has 27 heavy (non-hydrogen) atoms. The minimum atomic E-state index is -0.531. The van der Waals surface area contributed by atoms with E-state index in [-0.39, 0.29) is 17.9 Å². The SMILES string of the molecule is CC(C)(C)OC(=O)N1CCCC(Oc2cccc(NN=C(C#N)C#N)c2)C1. The average molecular weight is 369 g/mol. The molecule has 8 heteroatoms. The fraction of sp³-hybridized carbons (Fsp3) is 0.474. The van der Waals surface area contributed by atoms with Crippen molar-refractivity contribution in [1.29, 1.82) is 10.5 Å². The number of piperidine rings is 1. The summed E-state index contributed by atoms with van der Waals surface area (Å²) in [5, 5.41) is 21.1. The molecule has 1 aromatic rings. The molecule has 0 bridgehead atoms. The number of nitriles is 2. The fourth-order valence-corrected chi connectivity index (χ4v) is 2.55. The molecule has 1 aliphatic rings. The maximum absolute atomic E-state index is 12.2. The Morgan fingerprint density at radius 2 is 2.07 bits per heavy atom. The Kier molecular flexibility index (Phi) is 6.62. The molecule has 2 rings (SSSR count). The molecule has 1 N–H and O–H groups in total. The predicted molar refractivity (Wildman–Crippen MR) is 100 cm³/mol. The quantitative estimate of drug-likeness (QED) is 0.644. The van der Waals surface area contributed by atoms with Gasteiger partial charge in [-0.15, -0.1) is 0 Å². The van der Waals surface area contributed by atoms with Gasteiger partial charge in [0.1, 0.15) is 29.6 Å². The Labute approximate surface area is 159 Å². The lowest BCUT2D eigenvalue weighted by atomic mass is 10.1. The molecule has 8 nitrogen and oxygen atoms in total. The Morgan fingerprint density at radius 1 is 1.33 bits per heavy atom. The van der Waals surface area contributed by atoms with E-state index in [1.165, 1.54) is 0 Å². The van der Waals surface area contributed by atoms with E-state index in [4.69, 9.17) is 20.0 Å². The summed E-state index contributed by atoms with van der Waals surface area (Å²) in [6.07, 6.45) is 1.20. The van der Waals surface area contributed by atoms with Gasteiger partial charge in [0.15, 0.2) is 0 Å². The highest BCUT2D eigenvalue weighted by molar-refractivity contribution is 6.10. The van der Waals surface area contributed by atoms with E-state index in [1.54, 1.807) is 41.3 Å². The smallest absolute Gasteiger partial charge is 0.410 e. The summed E-state index contributed by atoms with van der Waals surface area (Å²) in [5.41, 5.74) is 2.46. The summed E-state index contributed by atoms with van der Waals surface area (Å²) in [4.78, 5) is 13.9. The van der Waals surface area contributed by atoms with Crippen molar-refractivity contribution in [2.24, 2.45) is 5.10 Å². The molecule has 1 amide bonds. The minimum Gasteiger partial charge on any atom is -0.489 e. The third-order valence-electron chi connectivity index (χ3n) is 3.68. The van der Waals surface area contributed by atoms with Crippen LogP contribution in [0.3, 0.4) is 0 Å². The molecule has 1 unspecified atom stereocenters. The van der Waals surface area contributed by atoms with Crippen LogP contribution in [0.1, 0.15) is 33.6 Å². The molecule has 1 saturated heterocycles. The number of carbonyl (C=O) groups is 1. The van der Waals surface area contributed by atoms with Gasteiger partial charge in [0, 0.05) is 12.6 Å². The van der Waals surface area contributed by atoms with Gasteiger partial charge in [-0.2, -0.15) is 15.6 Å². The highest BCUT2D eigenvalue weighted by atomic mass is 16.6. The van der Waals surface area contributed by atoms with Crippen LogP contribution in [0.15, 0.2) is 29.4 Å². The summed E-state index contributed by atoms with van der Waals surface area (Å²) in [6, 6.07) is 10.4. The Hall–Kier alpha value is -3.26. The molecule has 0 spiro atoms. The number of anilines is 1. The lowest BCUT2D eigenvalue weighted by Gasteiger charge is -2.34. The van der Waals surface area contributed by atoms with Crippen LogP contribution in [-0.4, -0.2) is 41.5 Å². The van der Waals surface area contributed by atoms with Gasteiger partial charge in [0.05, 0.1) is 12.2 Å². The first-order valence-electron chi connectivity index (χ1n) is 8.69. The van der Waals surface area contributed by atoms with Crippen molar-refractivity contribution in [3.05, 3.63) is 24.3 Å². The Morgan fingerprint density at radius 3 is 2.74 bits per heavy atom. The normalized spacial score (nSPS) is 16.5. The van der Waals surface area contributed by atoms with E-state index < -0.39 is 5.60 Å². The molecular formula is C19H23N5O3. The number of nitrogens with zero attached hydrogens (tertiary/aromatic N) is 4. The number of likely N-dealkylation sites (tertiary alicyclic amines) is 1. The van der Waals surface area contributed by atoms with Crippen molar-refractivity contribution in [2.75, 3.05) is 18.5 Å². The van der Waals surface area contributed by atoms with Crippen LogP contribution < -0.4 is 10.2 Å². The highest BCUT2D eigenvalue weighted by Crippen LogP contribution is 2.23. The van der Waals surface area contributed by atoms with Gasteiger partial charge in [0.2, 0.25) is 5.71 Å². The van der Waals surface area contributed by atoms with Gasteiger partial charge in [-0.25, -0.2) is 4.79 Å². The van der Waals surface area contributed by atoms with Gasteiger partial charge >= 0.3 is 6.09 Å². The summed E-state index contributed by atoms with van der Waals surface area (Å²) >= 11 is 0. The first kappa shape index (κ1) is 20.1. The molecular weight excluding hydrogens is 346 g/mol. The minimum absolute atomic E-state index is 0.140. The predicted octanol–water partition coefficient (Wildman–Crippen LogP) is 3.28. The number of hydrogen-bond donors (Lipinski definition) is 1. The van der Waals surface area contributed by atoms with E-state index in [0.717, 1.165) is 12.8 Å². The lowest BCUT2D eigenvalue weighted by molar-refractivity contribution is 0.00776. The molecule has 0 radical (unpaired) electrons. The van der Waals surface area contributed by atoms with Crippen molar-refractivity contribution in [1.82, 2.24) is 4.90 Å². The molecule has 1 fully saturated rings. The molecule has 1 aromatic carbocycles. The molecule has 142 valence electrons. The Balaban J connectivity index is 1.98. The summed E-state index contributed by atoms with van der Waals surface area (Å²) in [7, 11) is 0. The van der Waals surface area contributed by atoms with Crippen LogP contribution in [0.5, 0.6) is 5.75 Å². The van der Waals surface area contributed by atoms with Crippen LogP contribution in [0, 0.1) is 22.7 Å². The van der Waals surface area contributed by atoms with E-state index in [0.29, 0.717) is 24.5 Å². The zero-order valence-electron chi connectivity index (χ0n) is 15.7. The largest absolute Gasteiger partial charge is 0.489 e. The second-order valence-corrected chi connectivity index (χ2v) is 7.13. The fourth-order valence-electron chi connectivity index (χ4n) is 2.55. The highest BCUT2D eigenvalue weighted by Gasteiger charge is 2.28. The number of ether oxygens (including phenoxy) is 2. The van der Waals surface area contributed by atoms with Crippen LogP contribution >= 0.6 is 0 Å². The third kappa shape index (κ3) is 6.52. The maximum atomic E-state index is 12.2. The standard InChI is InChI=1S/C19H23N5O3/c1-19(2,3)27-18(25)24-9-5-8-17(13-24)26-16-7-4-6-14(10-16)22-23-15(11-20)12-21/h4,6-7,10,17,22H,5,8-9,13H2,1-3H3. The van der Waals surface area contributed by atoms with Crippen molar-refractivity contribution in [3.8, 4) is 17.9 Å². The van der Waals surface area contributed by atoms with Crippen molar-refractivity contribution >= 4 is 17.5 Å². The molecule has 0 aromatic heterocycles. The van der Waals surface area contributed by atoms with E-state index in [2.05, 4.69) is 10.5 Å².